The lowest BCUT2D eigenvalue weighted by atomic mass is 9.83. The number of benzene rings is 9. The van der Waals surface area contributed by atoms with Crippen molar-refractivity contribution in [2.24, 2.45) is 23.2 Å². The van der Waals surface area contributed by atoms with Crippen LogP contribution in [0.5, 0.6) is 0 Å². The number of ether oxygens (including phenoxy) is 4. The Labute approximate surface area is 836 Å². The highest BCUT2D eigenvalue weighted by Crippen LogP contribution is 2.30. The van der Waals surface area contributed by atoms with Gasteiger partial charge in [0.25, 0.3) is 5.97 Å². The second-order valence-electron chi connectivity index (χ2n) is 40.2. The monoisotopic (exact) mass is 1970 g/mol. The zero-order valence-corrected chi connectivity index (χ0v) is 86.4. The number of Topliss-reactive ketones (excluding diaryl/α,β-unsaturated/α-hetero) is 2. The van der Waals surface area contributed by atoms with Crippen molar-refractivity contribution in [3.63, 3.8) is 0 Å². The molecule has 9 rings (SSSR count). The van der Waals surface area contributed by atoms with Gasteiger partial charge in [-0.25, -0.2) is 24.0 Å². The molecule has 0 spiro atoms. The third-order valence-corrected chi connectivity index (χ3v) is 22.8. The SMILES string of the molecule is CC(C)(C)OC(=O)N[C@@H](Cc1ccccc1)C(=O)O.CC(C)C(OC(=O)Cl)C(C)(C)C.CN(C(=O)[C@H](Cc1ccccc1)NC(=O)OC(C)(C)C)[C@@H](Cc1ccccc1)C(=O)N[C@@H](Cc1ccccc1)C(=O)C[C@@H](Cc1ccccc1)C(=O)O.CN(C(=O)[C@H](Cc1ccccc1)NC(=O)OC(C)(C)C)[C@@H](Cc1ccccc1)C(=O)N[C@@H](Cc1ccccc1)C(=O)C[C@@H](Cc1ccccc1)C(=O)O[Si](C)(C)C. The second-order valence-corrected chi connectivity index (χ2v) is 44.9. The molecule has 0 aliphatic heterocycles. The molecule has 0 radical (unpaired) electrons. The minimum Gasteiger partial charge on any atom is -0.520 e. The van der Waals surface area contributed by atoms with Gasteiger partial charge in [0.15, 0.2) is 11.6 Å². The molecule has 0 heterocycles. The van der Waals surface area contributed by atoms with Crippen LogP contribution >= 0.6 is 11.6 Å². The maximum Gasteiger partial charge on any atom is 0.408 e. The zero-order valence-electron chi connectivity index (χ0n) is 84.6. The molecule has 29 heteroatoms. The number of alkyl carbamates (subject to hydrolysis) is 3. The molecule has 0 aliphatic rings. The van der Waals surface area contributed by atoms with Crippen molar-refractivity contribution in [1.29, 1.82) is 0 Å². The van der Waals surface area contributed by atoms with Gasteiger partial charge in [0.05, 0.1) is 23.9 Å². The average molecular weight is 1970 g/mol. The maximum absolute atomic E-state index is 14.6. The molecular weight excluding hydrogens is 1830 g/mol. The lowest BCUT2D eigenvalue weighted by molar-refractivity contribution is -0.144. The summed E-state index contributed by atoms with van der Waals surface area (Å²) in [6, 6.07) is 75.6. The van der Waals surface area contributed by atoms with E-state index in [1.165, 1.54) is 23.9 Å². The van der Waals surface area contributed by atoms with Crippen LogP contribution in [-0.4, -0.2) is 184 Å². The van der Waals surface area contributed by atoms with Crippen LogP contribution in [0.3, 0.4) is 0 Å². The molecule has 27 nitrogen and oxygen atoms in total. The number of nitrogens with one attached hydrogen (secondary N) is 5. The number of halogens is 1. The zero-order chi connectivity index (χ0) is 104. The van der Waals surface area contributed by atoms with E-state index in [0.717, 1.165) is 50.1 Å². The summed E-state index contributed by atoms with van der Waals surface area (Å²) in [6.45, 7) is 31.4. The van der Waals surface area contributed by atoms with E-state index in [9.17, 15) is 67.4 Å². The number of carboxylic acids is 2. The quantitative estimate of drug-likeness (QED) is 0.0106. The number of hydrogen-bond donors (Lipinski definition) is 7. The van der Waals surface area contributed by atoms with Gasteiger partial charge in [-0.1, -0.05) is 308 Å². The minimum atomic E-state index is -2.30. The number of carbonyl (C=O) groups is 13. The second kappa shape index (κ2) is 56.6. The Morgan fingerprint density at radius 3 is 0.787 bits per heavy atom. The summed E-state index contributed by atoms with van der Waals surface area (Å²) < 4.78 is 27.0. The largest absolute Gasteiger partial charge is 0.520 e. The van der Waals surface area contributed by atoms with Gasteiger partial charge in [-0.05, 0) is 169 Å². The molecule has 7 N–H and O–H groups in total. The summed E-state index contributed by atoms with van der Waals surface area (Å²) in [6.07, 6.45) is -1.39. The fourth-order valence-electron chi connectivity index (χ4n) is 15.4. The van der Waals surface area contributed by atoms with Gasteiger partial charge in [0.1, 0.15) is 53.1 Å². The lowest BCUT2D eigenvalue weighted by Gasteiger charge is -2.33. The molecule has 756 valence electrons. The molecule has 0 saturated carbocycles. The molecule has 141 heavy (non-hydrogen) atoms. The number of hydrogen-bond acceptors (Lipinski definition) is 18. The van der Waals surface area contributed by atoms with Crippen molar-refractivity contribution in [2.45, 2.75) is 252 Å². The van der Waals surface area contributed by atoms with Crippen LogP contribution in [0, 0.1) is 23.2 Å². The van der Waals surface area contributed by atoms with Crippen molar-refractivity contribution in [3.05, 3.63) is 323 Å². The van der Waals surface area contributed by atoms with Crippen LogP contribution in [0.1, 0.15) is 160 Å². The number of amides is 7. The summed E-state index contributed by atoms with van der Waals surface area (Å²) in [7, 11) is 0.727. The van der Waals surface area contributed by atoms with E-state index in [-0.39, 0.29) is 87.4 Å². The van der Waals surface area contributed by atoms with Gasteiger partial charge in [-0.2, -0.15) is 0 Å². The van der Waals surface area contributed by atoms with Crippen LogP contribution in [-0.2, 0) is 124 Å². The predicted octanol–water partition coefficient (Wildman–Crippen LogP) is 18.6. The number of rotatable bonds is 41. The van der Waals surface area contributed by atoms with E-state index in [1.807, 2.05) is 327 Å². The summed E-state index contributed by atoms with van der Waals surface area (Å²) in [5.74, 6) is -7.10. The van der Waals surface area contributed by atoms with Crippen molar-refractivity contribution < 1.29 is 95.9 Å². The average Bonchev–Trinajstić information content (AvgIpc) is 0.824. The smallest absolute Gasteiger partial charge is 0.408 e. The first kappa shape index (κ1) is 116. The van der Waals surface area contributed by atoms with Crippen molar-refractivity contribution in [1.82, 2.24) is 36.4 Å². The number of carboxylic acid groups (broad SMARTS) is 2. The Balaban J connectivity index is 0.000000332. The van der Waals surface area contributed by atoms with Crippen molar-refractivity contribution >= 4 is 96.7 Å². The first-order valence-corrected chi connectivity index (χ1v) is 51.2. The molecule has 10 atom stereocenters. The molecule has 0 aromatic heterocycles. The van der Waals surface area contributed by atoms with E-state index in [2.05, 4.69) is 26.6 Å². The summed E-state index contributed by atoms with van der Waals surface area (Å²) in [4.78, 5) is 174. The fraction of sp³-hybridized carbons (Fsp3) is 0.402. The molecule has 7 amide bonds. The standard InChI is InChI=1S/C46H57N3O7Si.C43H49N3O7.C14H19NO4.C9H17ClO2/c1-46(2,3)55-45(54)48-39(30-35-24-16-10-17-25-35)43(52)49(4)40(31-36-26-18-11-19-27-36)42(51)47-38(29-34-22-14-9-15-23-34)41(50)32-37(44(53)56-57(5,6)7)28-33-20-12-8-13-21-33;1-43(2,3)53-42(52)45-36(27-32-21-13-7-14-22-32)40(49)46(4)37(28-33-23-15-8-16-24-33)39(48)44-35(26-31-19-11-6-12-20-31)38(47)29-34(41(50)51)25-30-17-9-5-10-18-30;1-14(2,3)19-13(18)15-11(12(16)17)9-10-7-5-4-6-8-10;1-6(2)7(9(3,4)5)12-8(10)11/h8-27,37-40H,28-32H2,1-7H3,(H,47,51)(H,48,54);5-24,34-37H,25-29H2,1-4H3,(H,44,48)(H,45,52)(H,50,51);4-8,11H,9H2,1-3H3,(H,15,18)(H,16,17);6-7H,1-5H3/t37-,38+,39+,40+;34-,35+,36+,37+;11-;/m110./s1. The van der Waals surface area contributed by atoms with Crippen LogP contribution < -0.4 is 26.6 Å². The molecular formula is C112H142ClN7O20Si. The van der Waals surface area contributed by atoms with E-state index in [1.54, 1.807) is 62.3 Å². The van der Waals surface area contributed by atoms with Gasteiger partial charge in [0.2, 0.25) is 31.9 Å². The number of aliphatic carboxylic acids is 2. The summed E-state index contributed by atoms with van der Waals surface area (Å²) in [5.41, 5.74) is 4.20. The highest BCUT2D eigenvalue weighted by atomic mass is 35.5. The van der Waals surface area contributed by atoms with Gasteiger partial charge >= 0.3 is 35.6 Å². The maximum atomic E-state index is 14.6. The Kier molecular flexibility index (Phi) is 46.6. The van der Waals surface area contributed by atoms with Crippen LogP contribution in [0.25, 0.3) is 0 Å². The molecule has 1 unspecified atom stereocenters. The first-order chi connectivity index (χ1) is 66.3. The normalized spacial score (nSPS) is 13.5. The molecule has 9 aromatic carbocycles. The van der Waals surface area contributed by atoms with Crippen molar-refractivity contribution in [3.8, 4) is 0 Å². The topological polar surface area (TPSA) is 375 Å². The highest BCUT2D eigenvalue weighted by Gasteiger charge is 2.41. The highest BCUT2D eigenvalue weighted by molar-refractivity contribution is 6.71. The third kappa shape index (κ3) is 45.0. The van der Waals surface area contributed by atoms with Crippen LogP contribution in [0.15, 0.2) is 273 Å². The van der Waals surface area contributed by atoms with Gasteiger partial charge in [-0.15, -0.1) is 0 Å². The van der Waals surface area contributed by atoms with Crippen LogP contribution in [0.2, 0.25) is 19.6 Å². The van der Waals surface area contributed by atoms with E-state index < -0.39 is 150 Å². The van der Waals surface area contributed by atoms with Crippen LogP contribution in [0.4, 0.5) is 19.2 Å². The van der Waals surface area contributed by atoms with Gasteiger partial charge in [0, 0.05) is 70.6 Å². The van der Waals surface area contributed by atoms with E-state index >= 15 is 0 Å². The van der Waals surface area contributed by atoms with E-state index in [0.29, 0.717) is 6.42 Å². The molecule has 0 bridgehead atoms. The Morgan fingerprint density at radius 2 is 0.560 bits per heavy atom. The molecule has 9 aromatic rings. The number of ketones is 2. The summed E-state index contributed by atoms with van der Waals surface area (Å²) >= 11 is 5.16. The fourth-order valence-corrected chi connectivity index (χ4v) is 16.2. The van der Waals surface area contributed by atoms with Gasteiger partial charge in [-0.3, -0.25) is 38.4 Å². The number of nitrogens with zero attached hydrogens (tertiary/aromatic N) is 2. The summed E-state index contributed by atoms with van der Waals surface area (Å²) in [5, 5.41) is 32.9. The third-order valence-electron chi connectivity index (χ3n) is 21.9. The number of likely N-dealkylation sites (N-methyl/N-ethyl adjacent to an activating group) is 2. The van der Waals surface area contributed by atoms with Gasteiger partial charge < -0.3 is 70.0 Å². The minimum absolute atomic E-state index is 0.0568. The Hall–Kier alpha value is -13.6. The molecule has 0 fully saturated rings. The molecule has 0 aliphatic carbocycles. The Morgan fingerprint density at radius 1 is 0.326 bits per heavy atom. The van der Waals surface area contributed by atoms with Crippen molar-refractivity contribution in [2.75, 3.05) is 14.1 Å². The molecule has 0 saturated heterocycles. The van der Waals surface area contributed by atoms with E-state index in [4.69, 9.17) is 40.1 Å². The number of carbonyl (C=O) groups excluding carboxylic acids is 11. The predicted molar refractivity (Wildman–Crippen MR) is 549 cm³/mol. The first-order valence-electron chi connectivity index (χ1n) is 47.4. The Bertz CT molecular complexity index is 5430. The lowest BCUT2D eigenvalue weighted by Crippen LogP contribution is -2.58.